The van der Waals surface area contributed by atoms with Crippen molar-refractivity contribution in [3.63, 3.8) is 0 Å². The number of aromatic amines is 1. The number of hydrogen-bond donors (Lipinski definition) is 2. The highest BCUT2D eigenvalue weighted by Gasteiger charge is 2.14. The Morgan fingerprint density at radius 3 is 2.78 bits per heavy atom. The highest BCUT2D eigenvalue weighted by Crippen LogP contribution is 2.14. The van der Waals surface area contributed by atoms with Crippen LogP contribution in [0.15, 0.2) is 30.3 Å². The fraction of sp³-hybridized carbons (Fsp3) is 0.231. The molecule has 5 heteroatoms. The second-order valence-corrected chi connectivity index (χ2v) is 3.83. The van der Waals surface area contributed by atoms with Crippen LogP contribution in [-0.2, 0) is 11.2 Å². The molecule has 0 fully saturated rings. The molecule has 0 saturated heterocycles. The lowest BCUT2D eigenvalue weighted by Crippen LogP contribution is -2.06. The zero-order chi connectivity index (χ0) is 13.0. The molecule has 0 aliphatic heterocycles. The van der Waals surface area contributed by atoms with Gasteiger partial charge in [-0.1, -0.05) is 30.3 Å². The van der Waals surface area contributed by atoms with Crippen molar-refractivity contribution in [2.75, 3.05) is 12.3 Å². The maximum Gasteiger partial charge on any atom is 0.374 e. The third kappa shape index (κ3) is 2.68. The number of hydrogen-bond acceptors (Lipinski definition) is 4. The van der Waals surface area contributed by atoms with Gasteiger partial charge in [0.25, 0.3) is 0 Å². The summed E-state index contributed by atoms with van der Waals surface area (Å²) in [5.74, 6) is 0.00528. The Hall–Kier alpha value is -2.30. The zero-order valence-electron chi connectivity index (χ0n) is 10.1. The number of nitrogens with two attached hydrogens (primary N) is 1. The predicted molar refractivity (Wildman–Crippen MR) is 68.2 cm³/mol. The number of esters is 1. The number of ether oxygens (including phenoxy) is 1. The summed E-state index contributed by atoms with van der Waals surface area (Å²) in [6.07, 6.45) is 0.610. The second kappa shape index (κ2) is 5.35. The maximum absolute atomic E-state index is 11.5. The van der Waals surface area contributed by atoms with Crippen molar-refractivity contribution in [3.05, 3.63) is 47.4 Å². The number of nitrogens with zero attached hydrogens (tertiary/aromatic N) is 1. The highest BCUT2D eigenvalue weighted by molar-refractivity contribution is 5.86. The van der Waals surface area contributed by atoms with E-state index >= 15 is 0 Å². The summed E-state index contributed by atoms with van der Waals surface area (Å²) in [4.78, 5) is 18.4. The summed E-state index contributed by atoms with van der Waals surface area (Å²) in [6, 6.07) is 9.83. The number of nitrogens with one attached hydrogen (secondary N) is 1. The number of aromatic nitrogens is 2. The zero-order valence-corrected chi connectivity index (χ0v) is 10.1. The van der Waals surface area contributed by atoms with E-state index in [0.29, 0.717) is 18.8 Å². The van der Waals surface area contributed by atoms with Gasteiger partial charge in [0, 0.05) is 6.42 Å². The van der Waals surface area contributed by atoms with Crippen LogP contribution in [0.4, 0.5) is 5.82 Å². The average molecular weight is 245 g/mol. The van der Waals surface area contributed by atoms with Gasteiger partial charge in [-0.15, -0.1) is 0 Å². The molecule has 0 bridgehead atoms. The normalized spacial score (nSPS) is 10.3. The molecule has 0 unspecified atom stereocenters. The Balaban J connectivity index is 2.17. The topological polar surface area (TPSA) is 81.0 Å². The number of anilines is 1. The first-order valence-electron chi connectivity index (χ1n) is 5.76. The lowest BCUT2D eigenvalue weighted by Gasteiger charge is -1.99. The molecule has 2 rings (SSSR count). The van der Waals surface area contributed by atoms with Crippen LogP contribution in [0.25, 0.3) is 0 Å². The molecule has 0 aliphatic rings. The smallest absolute Gasteiger partial charge is 0.374 e. The van der Waals surface area contributed by atoms with Gasteiger partial charge in [0.15, 0.2) is 0 Å². The molecule has 94 valence electrons. The SMILES string of the molecule is CCOC(=O)c1nc(N)c(Cc2ccccc2)[nH]1. The average Bonchev–Trinajstić information content (AvgIpc) is 2.73. The molecule has 18 heavy (non-hydrogen) atoms. The maximum atomic E-state index is 11.5. The Morgan fingerprint density at radius 1 is 1.39 bits per heavy atom. The standard InChI is InChI=1S/C13H15N3O2/c1-2-18-13(17)12-15-10(11(14)16-12)8-9-6-4-3-5-7-9/h3-7H,2,8,14H2,1H3,(H,15,16). The van der Waals surface area contributed by atoms with Crippen LogP contribution in [0.1, 0.15) is 28.8 Å². The number of benzene rings is 1. The minimum Gasteiger partial charge on any atom is -0.460 e. The van der Waals surface area contributed by atoms with Gasteiger partial charge < -0.3 is 15.5 Å². The van der Waals surface area contributed by atoms with Gasteiger partial charge in [0.1, 0.15) is 5.82 Å². The summed E-state index contributed by atoms with van der Waals surface area (Å²) in [6.45, 7) is 2.06. The molecular weight excluding hydrogens is 230 g/mol. The first kappa shape index (κ1) is 12.2. The van der Waals surface area contributed by atoms with Crippen molar-refractivity contribution >= 4 is 11.8 Å². The van der Waals surface area contributed by atoms with Crippen LogP contribution >= 0.6 is 0 Å². The van der Waals surface area contributed by atoms with E-state index in [0.717, 1.165) is 11.3 Å². The molecule has 0 aliphatic carbocycles. The lowest BCUT2D eigenvalue weighted by molar-refractivity contribution is 0.0513. The van der Waals surface area contributed by atoms with Crippen molar-refractivity contribution < 1.29 is 9.53 Å². The third-order valence-corrected chi connectivity index (χ3v) is 2.50. The fourth-order valence-electron chi connectivity index (χ4n) is 1.65. The summed E-state index contributed by atoms with van der Waals surface area (Å²) >= 11 is 0. The molecule has 0 amide bonds. The largest absolute Gasteiger partial charge is 0.460 e. The quantitative estimate of drug-likeness (QED) is 0.804. The predicted octanol–water partition coefficient (Wildman–Crippen LogP) is 1.76. The van der Waals surface area contributed by atoms with E-state index < -0.39 is 5.97 Å². The molecule has 5 nitrogen and oxygen atoms in total. The van der Waals surface area contributed by atoms with Crippen molar-refractivity contribution in [1.82, 2.24) is 9.97 Å². The van der Waals surface area contributed by atoms with E-state index in [4.69, 9.17) is 10.5 Å². The van der Waals surface area contributed by atoms with Gasteiger partial charge >= 0.3 is 5.97 Å². The van der Waals surface area contributed by atoms with Crippen molar-refractivity contribution in [2.24, 2.45) is 0 Å². The molecule has 1 heterocycles. The first-order chi connectivity index (χ1) is 8.70. The van der Waals surface area contributed by atoms with Crippen LogP contribution in [0, 0.1) is 0 Å². The summed E-state index contributed by atoms with van der Waals surface area (Å²) in [7, 11) is 0. The van der Waals surface area contributed by atoms with Gasteiger partial charge in [-0.05, 0) is 12.5 Å². The van der Waals surface area contributed by atoms with Gasteiger partial charge in [-0.25, -0.2) is 9.78 Å². The molecule has 1 aromatic heterocycles. The number of imidazole rings is 1. The van der Waals surface area contributed by atoms with E-state index in [9.17, 15) is 4.79 Å². The number of nitrogen functional groups attached to an aromatic ring is 1. The van der Waals surface area contributed by atoms with Crippen molar-refractivity contribution in [1.29, 1.82) is 0 Å². The number of H-pyrrole nitrogens is 1. The monoisotopic (exact) mass is 245 g/mol. The Bertz CT molecular complexity index is 534. The molecule has 0 radical (unpaired) electrons. The van der Waals surface area contributed by atoms with E-state index in [1.807, 2.05) is 30.3 Å². The van der Waals surface area contributed by atoms with E-state index in [2.05, 4.69) is 9.97 Å². The molecule has 0 spiro atoms. The van der Waals surface area contributed by atoms with E-state index in [1.165, 1.54) is 0 Å². The molecule has 1 aromatic carbocycles. The number of rotatable bonds is 4. The van der Waals surface area contributed by atoms with Gasteiger partial charge in [-0.2, -0.15) is 0 Å². The second-order valence-electron chi connectivity index (χ2n) is 3.83. The Labute approximate surface area is 105 Å². The first-order valence-corrected chi connectivity index (χ1v) is 5.76. The van der Waals surface area contributed by atoms with Gasteiger partial charge in [0.05, 0.1) is 12.3 Å². The van der Waals surface area contributed by atoms with Crippen molar-refractivity contribution in [2.45, 2.75) is 13.3 Å². The molecular formula is C13H15N3O2. The summed E-state index contributed by atoms with van der Waals surface area (Å²) < 4.78 is 4.86. The minimum absolute atomic E-state index is 0.153. The molecule has 0 saturated carbocycles. The minimum atomic E-state index is -0.483. The van der Waals surface area contributed by atoms with Crippen LogP contribution in [0.5, 0.6) is 0 Å². The van der Waals surface area contributed by atoms with E-state index in [-0.39, 0.29) is 5.82 Å². The van der Waals surface area contributed by atoms with E-state index in [1.54, 1.807) is 6.92 Å². The fourth-order valence-corrected chi connectivity index (χ4v) is 1.65. The lowest BCUT2D eigenvalue weighted by atomic mass is 10.1. The molecule has 3 N–H and O–H groups in total. The van der Waals surface area contributed by atoms with Gasteiger partial charge in [-0.3, -0.25) is 0 Å². The van der Waals surface area contributed by atoms with Crippen LogP contribution in [0.3, 0.4) is 0 Å². The number of carbonyl (C=O) groups excluding carboxylic acids is 1. The molecule has 2 aromatic rings. The summed E-state index contributed by atoms with van der Waals surface area (Å²) in [5.41, 5.74) is 7.60. The van der Waals surface area contributed by atoms with Gasteiger partial charge in [0.2, 0.25) is 5.82 Å². The highest BCUT2D eigenvalue weighted by atomic mass is 16.5. The Morgan fingerprint density at radius 2 is 2.11 bits per heavy atom. The summed E-state index contributed by atoms with van der Waals surface area (Å²) in [5, 5.41) is 0. The van der Waals surface area contributed by atoms with Crippen LogP contribution < -0.4 is 5.73 Å². The van der Waals surface area contributed by atoms with Crippen LogP contribution in [0.2, 0.25) is 0 Å². The molecule has 0 atom stereocenters. The van der Waals surface area contributed by atoms with Crippen molar-refractivity contribution in [3.8, 4) is 0 Å². The number of carbonyl (C=O) groups is 1. The van der Waals surface area contributed by atoms with Crippen LogP contribution in [-0.4, -0.2) is 22.5 Å². The third-order valence-electron chi connectivity index (χ3n) is 2.50. The Kier molecular flexibility index (Phi) is 3.62.